The van der Waals surface area contributed by atoms with E-state index in [1.807, 2.05) is 0 Å². The maximum absolute atomic E-state index is 13.0. The van der Waals surface area contributed by atoms with E-state index in [2.05, 4.69) is 23.9 Å². The number of hydrogen-bond acceptors (Lipinski definition) is 5. The predicted octanol–water partition coefficient (Wildman–Crippen LogP) is 5.07. The molecule has 2 aromatic rings. The van der Waals surface area contributed by atoms with Crippen molar-refractivity contribution in [3.05, 3.63) is 71.0 Å². The van der Waals surface area contributed by atoms with Gasteiger partial charge in [0.05, 0.1) is 5.57 Å². The number of ether oxygens (including phenoxy) is 1. The number of carbonyl (C=O) groups excluding carboxylic acids is 1. The highest BCUT2D eigenvalue weighted by Crippen LogP contribution is 2.30. The van der Waals surface area contributed by atoms with Gasteiger partial charge in [-0.15, -0.1) is 0 Å². The van der Waals surface area contributed by atoms with Crippen LogP contribution in [0.15, 0.2) is 64.2 Å². The van der Waals surface area contributed by atoms with Gasteiger partial charge >= 0.3 is 0 Å². The minimum Gasteiger partial charge on any atom is -0.489 e. The second-order valence-corrected chi connectivity index (χ2v) is 8.64. The van der Waals surface area contributed by atoms with Gasteiger partial charge in [0.15, 0.2) is 5.84 Å². The largest absolute Gasteiger partial charge is 0.489 e. The highest BCUT2D eigenvalue weighted by atomic mass is 32.2. The number of thioether (sulfide) groups is 1. The maximum Gasteiger partial charge on any atom is 0.283 e. The average Bonchev–Trinajstić information content (AvgIpc) is 3.13. The molecule has 1 N–H and O–H groups in total. The smallest absolute Gasteiger partial charge is 0.283 e. The molecule has 0 saturated heterocycles. The number of amides is 1. The Morgan fingerprint density at radius 1 is 1.16 bits per heavy atom. The number of nitrogens with zero attached hydrogens (tertiary/aromatic N) is 3. The summed E-state index contributed by atoms with van der Waals surface area (Å²) in [4.78, 5) is 16.6. The van der Waals surface area contributed by atoms with Gasteiger partial charge in [-0.3, -0.25) is 10.2 Å². The molecule has 2 heterocycles. The second-order valence-electron chi connectivity index (χ2n) is 7.60. The Morgan fingerprint density at radius 2 is 1.87 bits per heavy atom. The van der Waals surface area contributed by atoms with Crippen LogP contribution in [0.5, 0.6) is 5.75 Å². The molecule has 0 aromatic heterocycles. The van der Waals surface area contributed by atoms with Gasteiger partial charge in [-0.2, -0.15) is 15.1 Å². The van der Waals surface area contributed by atoms with E-state index in [1.165, 1.54) is 28.9 Å². The second kappa shape index (κ2) is 8.85. The minimum absolute atomic E-state index is 0.0258. The van der Waals surface area contributed by atoms with Gasteiger partial charge < -0.3 is 4.74 Å². The number of hydrazone groups is 1. The molecule has 0 spiro atoms. The lowest BCUT2D eigenvalue weighted by Crippen LogP contribution is -2.35. The summed E-state index contributed by atoms with van der Waals surface area (Å²) in [7, 11) is 0. The molecule has 6 nitrogen and oxygen atoms in total. The third kappa shape index (κ3) is 4.91. The number of fused-ring (bicyclic) bond motifs is 1. The van der Waals surface area contributed by atoms with Crippen molar-refractivity contribution in [3.63, 3.8) is 0 Å². The number of amidine groups is 2. The molecule has 0 unspecified atom stereocenters. The maximum atomic E-state index is 13.0. The molecular weight excluding hydrogens is 415 g/mol. The number of carbonyl (C=O) groups is 1. The summed E-state index contributed by atoms with van der Waals surface area (Å²) >= 11 is 1.34. The van der Waals surface area contributed by atoms with E-state index >= 15 is 0 Å². The van der Waals surface area contributed by atoms with Crippen molar-refractivity contribution in [3.8, 4) is 5.75 Å². The number of rotatable bonds is 6. The Bertz CT molecular complexity index is 1110. The molecule has 31 heavy (non-hydrogen) atoms. The first-order valence-electron chi connectivity index (χ1n) is 9.85. The Morgan fingerprint density at radius 3 is 2.55 bits per heavy atom. The predicted molar refractivity (Wildman–Crippen MR) is 122 cm³/mol. The van der Waals surface area contributed by atoms with Crippen LogP contribution in [0.2, 0.25) is 0 Å². The summed E-state index contributed by atoms with van der Waals surface area (Å²) in [5.74, 6) is 0.377. The van der Waals surface area contributed by atoms with Crippen LogP contribution in [-0.2, 0) is 11.4 Å². The molecule has 0 bridgehead atoms. The Labute approximate surface area is 184 Å². The van der Waals surface area contributed by atoms with Gasteiger partial charge in [0, 0.05) is 6.42 Å². The van der Waals surface area contributed by atoms with Crippen LogP contribution in [0.25, 0.3) is 6.08 Å². The fourth-order valence-corrected chi connectivity index (χ4v) is 4.13. The number of hydrogen-bond donors (Lipinski definition) is 1. The number of aliphatic imine (C=N–C) groups is 1. The molecule has 0 radical (unpaired) electrons. The van der Waals surface area contributed by atoms with Crippen LogP contribution in [0, 0.1) is 17.1 Å². The van der Waals surface area contributed by atoms with E-state index in [0.717, 1.165) is 22.6 Å². The lowest BCUT2D eigenvalue weighted by atomic mass is 10.1. The van der Waals surface area contributed by atoms with E-state index in [-0.39, 0.29) is 17.2 Å². The van der Waals surface area contributed by atoms with Crippen LogP contribution in [0.4, 0.5) is 4.39 Å². The standard InChI is InChI=1S/C23H21FN4O2S/c1-14(2)11-20-27-28-21(25)19(22(29)26-23(28)31-20)12-15-5-9-18(10-6-15)30-13-16-3-7-17(24)8-4-16/h3-10,12,14,25H,11,13H2,1-2H3/b19-12-,25-21?. The van der Waals surface area contributed by atoms with Crippen molar-refractivity contribution in [1.29, 1.82) is 5.41 Å². The van der Waals surface area contributed by atoms with Crippen molar-refractivity contribution < 1.29 is 13.9 Å². The van der Waals surface area contributed by atoms with E-state index in [4.69, 9.17) is 10.1 Å². The van der Waals surface area contributed by atoms with E-state index in [0.29, 0.717) is 23.4 Å². The summed E-state index contributed by atoms with van der Waals surface area (Å²) in [5, 5.41) is 15.6. The van der Waals surface area contributed by atoms with Crippen LogP contribution >= 0.6 is 11.8 Å². The molecule has 0 aliphatic carbocycles. The van der Waals surface area contributed by atoms with E-state index < -0.39 is 5.91 Å². The van der Waals surface area contributed by atoms with Crippen molar-refractivity contribution in [1.82, 2.24) is 5.01 Å². The van der Waals surface area contributed by atoms with Gasteiger partial charge in [0.1, 0.15) is 23.2 Å². The van der Waals surface area contributed by atoms with Crippen molar-refractivity contribution in [2.24, 2.45) is 16.0 Å². The van der Waals surface area contributed by atoms with E-state index in [1.54, 1.807) is 42.5 Å². The van der Waals surface area contributed by atoms with Gasteiger partial charge in [-0.05, 0) is 59.1 Å². The zero-order valence-corrected chi connectivity index (χ0v) is 17.9. The highest BCUT2D eigenvalue weighted by molar-refractivity contribution is 8.26. The highest BCUT2D eigenvalue weighted by Gasteiger charge is 2.35. The molecule has 0 fully saturated rings. The van der Waals surface area contributed by atoms with E-state index in [9.17, 15) is 9.18 Å². The number of nitrogens with one attached hydrogen (secondary N) is 1. The van der Waals surface area contributed by atoms with Gasteiger partial charge in [-0.1, -0.05) is 38.1 Å². The Kier molecular flexibility index (Phi) is 5.99. The van der Waals surface area contributed by atoms with Crippen molar-refractivity contribution in [2.45, 2.75) is 26.9 Å². The quantitative estimate of drug-likeness (QED) is 0.642. The molecule has 0 atom stereocenters. The molecule has 2 aliphatic rings. The normalized spacial score (nSPS) is 17.2. The first-order chi connectivity index (χ1) is 14.9. The lowest BCUT2D eigenvalue weighted by molar-refractivity contribution is -0.114. The first-order valence-corrected chi connectivity index (χ1v) is 10.7. The van der Waals surface area contributed by atoms with Crippen molar-refractivity contribution in [2.75, 3.05) is 0 Å². The summed E-state index contributed by atoms with van der Waals surface area (Å²) in [6.45, 7) is 4.51. The third-order valence-electron chi connectivity index (χ3n) is 4.59. The molecule has 4 rings (SSSR count). The summed E-state index contributed by atoms with van der Waals surface area (Å²) in [5.41, 5.74) is 1.81. The molecule has 1 amide bonds. The van der Waals surface area contributed by atoms with Gasteiger partial charge in [-0.25, -0.2) is 4.39 Å². The zero-order valence-electron chi connectivity index (χ0n) is 17.1. The molecule has 0 saturated carbocycles. The third-order valence-corrected chi connectivity index (χ3v) is 5.52. The van der Waals surface area contributed by atoms with Gasteiger partial charge in [0.25, 0.3) is 5.91 Å². The molecule has 2 aromatic carbocycles. The zero-order chi connectivity index (χ0) is 22.0. The first kappa shape index (κ1) is 21.0. The monoisotopic (exact) mass is 436 g/mol. The Balaban J connectivity index is 1.46. The van der Waals surface area contributed by atoms with Crippen LogP contribution in [-0.4, -0.2) is 27.0 Å². The molecule has 2 aliphatic heterocycles. The lowest BCUT2D eigenvalue weighted by Gasteiger charge is -2.20. The average molecular weight is 437 g/mol. The topological polar surface area (TPSA) is 78.1 Å². The number of benzene rings is 2. The minimum atomic E-state index is -0.443. The van der Waals surface area contributed by atoms with Crippen LogP contribution in [0.3, 0.4) is 0 Å². The SMILES string of the molecule is CC(C)CC1=NN2C(=N)/C(=C/c3ccc(OCc4ccc(F)cc4)cc3)C(=O)N=C2S1. The summed E-state index contributed by atoms with van der Waals surface area (Å²) < 4.78 is 18.7. The fourth-order valence-electron chi connectivity index (χ4n) is 3.04. The van der Waals surface area contributed by atoms with Crippen molar-refractivity contribution >= 4 is 39.8 Å². The summed E-state index contributed by atoms with van der Waals surface area (Å²) in [6.07, 6.45) is 2.41. The fraction of sp³-hybridized carbons (Fsp3) is 0.217. The molecule has 158 valence electrons. The van der Waals surface area contributed by atoms with Crippen LogP contribution < -0.4 is 4.74 Å². The molecule has 8 heteroatoms. The van der Waals surface area contributed by atoms with Gasteiger partial charge in [0.2, 0.25) is 5.17 Å². The Hall–Kier alpha value is -3.26. The number of halogens is 1. The van der Waals surface area contributed by atoms with Crippen LogP contribution in [0.1, 0.15) is 31.4 Å². The summed E-state index contributed by atoms with van der Waals surface area (Å²) in [6, 6.07) is 13.3. The molecular formula is C23H21FN4O2S.